The molecule has 1 rings (SSSR count). The molecule has 64 valence electrons. The molecule has 1 amide bonds. The van der Waals surface area contributed by atoms with Gasteiger partial charge in [-0.15, -0.1) is 0 Å². The van der Waals surface area contributed by atoms with Gasteiger partial charge >= 0.3 is 0 Å². The van der Waals surface area contributed by atoms with E-state index in [9.17, 15) is 4.79 Å². The Bertz CT molecular complexity index is 338. The second-order valence-corrected chi connectivity index (χ2v) is 3.84. The van der Waals surface area contributed by atoms with Gasteiger partial charge in [-0.3, -0.25) is 4.79 Å². The van der Waals surface area contributed by atoms with E-state index in [0.29, 0.717) is 15.7 Å². The first kappa shape index (κ1) is 9.54. The number of hydrogen-bond acceptors (Lipinski definition) is 2. The highest BCUT2D eigenvalue weighted by Gasteiger charge is 2.12. The van der Waals surface area contributed by atoms with E-state index >= 15 is 0 Å². The first-order valence-electron chi connectivity index (χ1n) is 3.07. The summed E-state index contributed by atoms with van der Waals surface area (Å²) < 4.78 is 1.35. The molecule has 0 aromatic heterocycles. The highest BCUT2D eigenvalue weighted by Crippen LogP contribution is 2.30. The predicted octanol–water partition coefficient (Wildman–Crippen LogP) is 1.89. The Morgan fingerprint density at radius 1 is 1.33 bits per heavy atom. The second-order valence-electron chi connectivity index (χ2n) is 2.19. The minimum atomic E-state index is -0.541. The summed E-state index contributed by atoms with van der Waals surface area (Å²) >= 11 is 6.44. The van der Waals surface area contributed by atoms with Gasteiger partial charge in [0.15, 0.2) is 0 Å². The summed E-state index contributed by atoms with van der Waals surface area (Å²) in [7, 11) is 0. The number of benzene rings is 1. The molecule has 3 nitrogen and oxygen atoms in total. The Balaban J connectivity index is 3.43. The summed E-state index contributed by atoms with van der Waals surface area (Å²) in [6.07, 6.45) is 0. The lowest BCUT2D eigenvalue weighted by atomic mass is 10.2. The minimum absolute atomic E-state index is 0.310. The van der Waals surface area contributed by atoms with Gasteiger partial charge in [-0.05, 0) is 44.0 Å². The summed E-state index contributed by atoms with van der Waals surface area (Å²) in [6.45, 7) is 0. The van der Waals surface area contributed by atoms with Crippen molar-refractivity contribution in [3.63, 3.8) is 0 Å². The predicted molar refractivity (Wildman–Crippen MR) is 54.8 cm³/mol. The molecule has 4 N–H and O–H groups in total. The topological polar surface area (TPSA) is 69.1 Å². The molecular formula is C7H6Br2N2O. The van der Waals surface area contributed by atoms with Gasteiger partial charge in [0.25, 0.3) is 5.91 Å². The Hall–Kier alpha value is -0.550. The minimum Gasteiger partial charge on any atom is -0.398 e. The van der Waals surface area contributed by atoms with E-state index in [1.165, 1.54) is 0 Å². The summed E-state index contributed by atoms with van der Waals surface area (Å²) in [5, 5.41) is 0. The van der Waals surface area contributed by atoms with E-state index in [1.807, 2.05) is 0 Å². The van der Waals surface area contributed by atoms with Gasteiger partial charge in [0, 0.05) is 14.6 Å². The first-order chi connectivity index (χ1) is 5.54. The van der Waals surface area contributed by atoms with Crippen molar-refractivity contribution in [3.05, 3.63) is 26.6 Å². The standard InChI is InChI=1S/C7H6Br2N2O/c8-3-1-2-4(10)5(6(3)9)7(11)12/h1-2H,10H2,(H2,11,12). The van der Waals surface area contributed by atoms with E-state index in [0.717, 1.165) is 4.47 Å². The quantitative estimate of drug-likeness (QED) is 0.777. The summed E-state index contributed by atoms with van der Waals surface area (Å²) in [6, 6.07) is 3.36. The zero-order valence-electron chi connectivity index (χ0n) is 5.97. The van der Waals surface area contributed by atoms with Crippen LogP contribution in [0.1, 0.15) is 10.4 Å². The monoisotopic (exact) mass is 292 g/mol. The fraction of sp³-hybridized carbons (Fsp3) is 0. The molecule has 0 bridgehead atoms. The second kappa shape index (κ2) is 3.45. The van der Waals surface area contributed by atoms with Crippen LogP contribution in [0.3, 0.4) is 0 Å². The molecule has 0 aliphatic rings. The van der Waals surface area contributed by atoms with Crippen molar-refractivity contribution in [2.24, 2.45) is 5.73 Å². The number of primary amides is 1. The molecule has 0 heterocycles. The third kappa shape index (κ3) is 1.61. The highest BCUT2D eigenvalue weighted by atomic mass is 79.9. The number of anilines is 1. The van der Waals surface area contributed by atoms with Crippen LogP contribution in [0.2, 0.25) is 0 Å². The van der Waals surface area contributed by atoms with Crippen molar-refractivity contribution in [1.29, 1.82) is 0 Å². The Kier molecular flexibility index (Phi) is 2.74. The summed E-state index contributed by atoms with van der Waals surface area (Å²) in [5.74, 6) is -0.541. The number of amides is 1. The number of rotatable bonds is 1. The third-order valence-corrected chi connectivity index (χ3v) is 3.39. The maximum atomic E-state index is 10.9. The molecule has 0 aliphatic heterocycles. The van der Waals surface area contributed by atoms with Crippen molar-refractivity contribution >= 4 is 43.5 Å². The average molecular weight is 294 g/mol. The van der Waals surface area contributed by atoms with Crippen molar-refractivity contribution < 1.29 is 4.79 Å². The molecule has 0 saturated carbocycles. The molecular weight excluding hydrogens is 288 g/mol. The van der Waals surface area contributed by atoms with Crippen molar-refractivity contribution in [1.82, 2.24) is 0 Å². The smallest absolute Gasteiger partial charge is 0.251 e. The molecule has 0 radical (unpaired) electrons. The van der Waals surface area contributed by atoms with Crippen LogP contribution >= 0.6 is 31.9 Å². The van der Waals surface area contributed by atoms with E-state index in [1.54, 1.807) is 12.1 Å². The fourth-order valence-corrected chi connectivity index (χ4v) is 1.70. The van der Waals surface area contributed by atoms with Crippen molar-refractivity contribution in [3.8, 4) is 0 Å². The maximum Gasteiger partial charge on any atom is 0.251 e. The normalized spacial score (nSPS) is 9.83. The molecule has 1 aromatic carbocycles. The summed E-state index contributed by atoms with van der Waals surface area (Å²) in [5.41, 5.74) is 11.3. The molecule has 0 unspecified atom stereocenters. The number of carbonyl (C=O) groups excluding carboxylic acids is 1. The van der Waals surface area contributed by atoms with Crippen LogP contribution < -0.4 is 11.5 Å². The number of hydrogen-bond donors (Lipinski definition) is 2. The van der Waals surface area contributed by atoms with Gasteiger partial charge in [0.1, 0.15) is 0 Å². The van der Waals surface area contributed by atoms with Crippen LogP contribution in [0, 0.1) is 0 Å². The van der Waals surface area contributed by atoms with Gasteiger partial charge in [-0.25, -0.2) is 0 Å². The lowest BCUT2D eigenvalue weighted by Gasteiger charge is -2.05. The molecule has 0 aliphatic carbocycles. The Labute approximate surface area is 86.4 Å². The van der Waals surface area contributed by atoms with Gasteiger partial charge in [0.2, 0.25) is 0 Å². The zero-order valence-corrected chi connectivity index (χ0v) is 9.15. The van der Waals surface area contributed by atoms with Crippen LogP contribution in [0.5, 0.6) is 0 Å². The molecule has 0 spiro atoms. The average Bonchev–Trinajstić information content (AvgIpc) is 1.97. The SMILES string of the molecule is NC(=O)c1c(N)ccc(Br)c1Br. The van der Waals surface area contributed by atoms with Crippen LogP contribution in [0.15, 0.2) is 21.1 Å². The van der Waals surface area contributed by atoms with E-state index < -0.39 is 5.91 Å². The maximum absolute atomic E-state index is 10.9. The highest BCUT2D eigenvalue weighted by molar-refractivity contribution is 9.13. The Morgan fingerprint density at radius 3 is 2.33 bits per heavy atom. The zero-order chi connectivity index (χ0) is 9.30. The molecule has 5 heteroatoms. The van der Waals surface area contributed by atoms with Crippen LogP contribution in [-0.4, -0.2) is 5.91 Å². The number of nitrogens with two attached hydrogens (primary N) is 2. The third-order valence-electron chi connectivity index (χ3n) is 1.37. The lowest BCUT2D eigenvalue weighted by molar-refractivity contribution is 0.100. The van der Waals surface area contributed by atoms with Gasteiger partial charge < -0.3 is 11.5 Å². The number of halogens is 2. The van der Waals surface area contributed by atoms with Gasteiger partial charge in [0.05, 0.1) is 5.56 Å². The molecule has 12 heavy (non-hydrogen) atoms. The van der Waals surface area contributed by atoms with Crippen LogP contribution in [0.4, 0.5) is 5.69 Å². The van der Waals surface area contributed by atoms with Gasteiger partial charge in [-0.2, -0.15) is 0 Å². The largest absolute Gasteiger partial charge is 0.398 e. The Morgan fingerprint density at radius 2 is 1.92 bits per heavy atom. The lowest BCUT2D eigenvalue weighted by Crippen LogP contribution is -2.14. The van der Waals surface area contributed by atoms with Crippen LogP contribution in [0.25, 0.3) is 0 Å². The first-order valence-corrected chi connectivity index (χ1v) is 4.66. The molecule has 0 atom stereocenters. The molecule has 1 aromatic rings. The van der Waals surface area contributed by atoms with Crippen molar-refractivity contribution in [2.75, 3.05) is 5.73 Å². The van der Waals surface area contributed by atoms with E-state index in [4.69, 9.17) is 11.5 Å². The fourth-order valence-electron chi connectivity index (χ4n) is 0.816. The number of nitrogen functional groups attached to an aromatic ring is 1. The molecule has 0 fully saturated rings. The van der Waals surface area contributed by atoms with Crippen molar-refractivity contribution in [2.45, 2.75) is 0 Å². The van der Waals surface area contributed by atoms with E-state index in [2.05, 4.69) is 31.9 Å². The van der Waals surface area contributed by atoms with Gasteiger partial charge in [-0.1, -0.05) is 0 Å². The summed E-state index contributed by atoms with van der Waals surface area (Å²) in [4.78, 5) is 10.9. The van der Waals surface area contributed by atoms with Crippen LogP contribution in [-0.2, 0) is 0 Å². The molecule has 0 saturated heterocycles. The number of carbonyl (C=O) groups is 1. The van der Waals surface area contributed by atoms with E-state index in [-0.39, 0.29) is 0 Å².